The summed E-state index contributed by atoms with van der Waals surface area (Å²) in [6, 6.07) is 5.75. The van der Waals surface area contributed by atoms with E-state index in [0.717, 1.165) is 27.4 Å². The molecule has 0 spiro atoms. The van der Waals surface area contributed by atoms with Crippen LogP contribution in [0, 0.1) is 0 Å². The number of imidazole rings is 1. The van der Waals surface area contributed by atoms with Gasteiger partial charge in [-0.3, -0.25) is 0 Å². The lowest BCUT2D eigenvalue weighted by Crippen LogP contribution is -2.02. The molecule has 6 nitrogen and oxygen atoms in total. The number of ether oxygens (including phenoxy) is 1. The maximum Gasteiger partial charge on any atom is 0.180 e. The number of halogens is 1. The minimum atomic E-state index is 0.684. The van der Waals surface area contributed by atoms with Crippen molar-refractivity contribution in [1.29, 1.82) is 0 Å². The number of aromatic nitrogens is 3. The maximum atomic E-state index is 5.23. The first kappa shape index (κ1) is 13.7. The van der Waals surface area contributed by atoms with Crippen LogP contribution in [-0.4, -0.2) is 28.5 Å². The average Bonchev–Trinajstić information content (AvgIpc) is 2.96. The fourth-order valence-corrected chi connectivity index (χ4v) is 2.56. The molecule has 0 unspecified atom stereocenters. The summed E-state index contributed by atoms with van der Waals surface area (Å²) in [5.41, 5.74) is 1.66. The highest BCUT2D eigenvalue weighted by molar-refractivity contribution is 9.10. The van der Waals surface area contributed by atoms with Gasteiger partial charge in [0.2, 0.25) is 0 Å². The number of hydrogen-bond donors (Lipinski definition) is 2. The Labute approximate surface area is 130 Å². The zero-order valence-corrected chi connectivity index (χ0v) is 13.2. The largest absolute Gasteiger partial charge is 0.496 e. The normalized spacial score (nSPS) is 10.6. The monoisotopic (exact) mass is 347 g/mol. The summed E-state index contributed by atoms with van der Waals surface area (Å²) >= 11 is 3.47. The molecule has 2 heterocycles. The molecule has 0 aliphatic heterocycles. The number of benzene rings is 1. The molecule has 0 radical (unpaired) electrons. The van der Waals surface area contributed by atoms with E-state index in [9.17, 15) is 0 Å². The maximum absolute atomic E-state index is 5.23. The lowest BCUT2D eigenvalue weighted by atomic mass is 10.3. The van der Waals surface area contributed by atoms with Crippen molar-refractivity contribution in [2.75, 3.05) is 24.8 Å². The van der Waals surface area contributed by atoms with Crippen LogP contribution in [0.2, 0.25) is 0 Å². The van der Waals surface area contributed by atoms with E-state index in [0.29, 0.717) is 5.82 Å². The zero-order chi connectivity index (χ0) is 14.8. The molecule has 1 aromatic carbocycles. The van der Waals surface area contributed by atoms with Gasteiger partial charge in [-0.25, -0.2) is 9.97 Å². The molecule has 0 bridgehead atoms. The molecule has 0 fully saturated rings. The third kappa shape index (κ3) is 2.64. The van der Waals surface area contributed by atoms with Gasteiger partial charge in [-0.2, -0.15) is 0 Å². The van der Waals surface area contributed by atoms with Gasteiger partial charge in [0, 0.05) is 25.1 Å². The third-order valence-corrected chi connectivity index (χ3v) is 3.66. The lowest BCUT2D eigenvalue weighted by Gasteiger charge is -2.11. The van der Waals surface area contributed by atoms with E-state index in [1.807, 2.05) is 42.0 Å². The second-order valence-electron chi connectivity index (χ2n) is 4.36. The molecule has 0 saturated carbocycles. The number of nitrogens with one attached hydrogen (secondary N) is 2. The van der Waals surface area contributed by atoms with E-state index in [1.54, 1.807) is 13.3 Å². The van der Waals surface area contributed by atoms with Crippen molar-refractivity contribution in [3.05, 3.63) is 41.3 Å². The van der Waals surface area contributed by atoms with Crippen molar-refractivity contribution >= 4 is 38.9 Å². The van der Waals surface area contributed by atoms with Crippen LogP contribution in [0.25, 0.3) is 5.65 Å². The van der Waals surface area contributed by atoms with Crippen molar-refractivity contribution in [3.8, 4) is 5.75 Å². The van der Waals surface area contributed by atoms with Crippen LogP contribution in [0.5, 0.6) is 5.75 Å². The Kier molecular flexibility index (Phi) is 3.66. The van der Waals surface area contributed by atoms with E-state index in [-0.39, 0.29) is 0 Å². The molecule has 2 N–H and O–H groups in total. The Morgan fingerprint density at radius 3 is 2.90 bits per heavy atom. The number of rotatable bonds is 4. The predicted molar refractivity (Wildman–Crippen MR) is 86.5 cm³/mol. The van der Waals surface area contributed by atoms with Crippen molar-refractivity contribution in [1.82, 2.24) is 14.4 Å². The smallest absolute Gasteiger partial charge is 0.180 e. The molecule has 108 valence electrons. The summed E-state index contributed by atoms with van der Waals surface area (Å²) in [5.74, 6) is 2.22. The number of nitrogens with zero attached hydrogens (tertiary/aromatic N) is 3. The summed E-state index contributed by atoms with van der Waals surface area (Å²) in [4.78, 5) is 8.83. The van der Waals surface area contributed by atoms with Crippen LogP contribution >= 0.6 is 15.9 Å². The van der Waals surface area contributed by atoms with Crippen LogP contribution < -0.4 is 15.4 Å². The highest BCUT2D eigenvalue weighted by atomic mass is 79.9. The van der Waals surface area contributed by atoms with E-state index < -0.39 is 0 Å². The SMILES string of the molecule is CNc1cn2ccnc2c(Nc2ccc(OC)c(Br)c2)n1. The summed E-state index contributed by atoms with van der Waals surface area (Å²) in [6.07, 6.45) is 5.51. The van der Waals surface area contributed by atoms with Crippen molar-refractivity contribution < 1.29 is 4.74 Å². The van der Waals surface area contributed by atoms with Crippen molar-refractivity contribution in [3.63, 3.8) is 0 Å². The first-order valence-electron chi connectivity index (χ1n) is 6.33. The Balaban J connectivity index is 2.01. The second-order valence-corrected chi connectivity index (χ2v) is 5.21. The average molecular weight is 348 g/mol. The van der Waals surface area contributed by atoms with Gasteiger partial charge in [0.1, 0.15) is 11.6 Å². The number of fused-ring (bicyclic) bond motifs is 1. The van der Waals surface area contributed by atoms with Gasteiger partial charge < -0.3 is 19.8 Å². The summed E-state index contributed by atoms with van der Waals surface area (Å²) in [6.45, 7) is 0. The molecule has 3 aromatic rings. The number of hydrogen-bond acceptors (Lipinski definition) is 5. The van der Waals surface area contributed by atoms with Crippen LogP contribution in [0.15, 0.2) is 41.3 Å². The molecular weight excluding hydrogens is 334 g/mol. The van der Waals surface area contributed by atoms with Gasteiger partial charge in [0.15, 0.2) is 11.5 Å². The van der Waals surface area contributed by atoms with Crippen LogP contribution in [0.4, 0.5) is 17.3 Å². The second kappa shape index (κ2) is 5.61. The van der Waals surface area contributed by atoms with Crippen LogP contribution in [-0.2, 0) is 0 Å². The van der Waals surface area contributed by atoms with Gasteiger partial charge in [0.05, 0.1) is 17.8 Å². The first-order chi connectivity index (χ1) is 10.2. The summed E-state index contributed by atoms with van der Waals surface area (Å²) in [7, 11) is 3.47. The summed E-state index contributed by atoms with van der Waals surface area (Å²) in [5, 5.41) is 6.32. The highest BCUT2D eigenvalue weighted by Gasteiger charge is 2.08. The van der Waals surface area contributed by atoms with E-state index in [1.165, 1.54) is 0 Å². The Morgan fingerprint density at radius 2 is 2.19 bits per heavy atom. The number of anilines is 3. The summed E-state index contributed by atoms with van der Waals surface area (Å²) < 4.78 is 8.02. The lowest BCUT2D eigenvalue weighted by molar-refractivity contribution is 0.412. The zero-order valence-electron chi connectivity index (χ0n) is 11.6. The molecule has 0 aliphatic carbocycles. The third-order valence-electron chi connectivity index (χ3n) is 3.04. The van der Waals surface area contributed by atoms with Gasteiger partial charge in [0.25, 0.3) is 0 Å². The molecule has 0 atom stereocenters. The van der Waals surface area contributed by atoms with E-state index in [4.69, 9.17) is 4.74 Å². The Morgan fingerprint density at radius 1 is 1.33 bits per heavy atom. The fraction of sp³-hybridized carbons (Fsp3) is 0.143. The highest BCUT2D eigenvalue weighted by Crippen LogP contribution is 2.29. The van der Waals surface area contributed by atoms with Gasteiger partial charge in [-0.1, -0.05) is 0 Å². The molecule has 2 aromatic heterocycles. The van der Waals surface area contributed by atoms with Crippen LogP contribution in [0.1, 0.15) is 0 Å². The minimum Gasteiger partial charge on any atom is -0.496 e. The quantitative estimate of drug-likeness (QED) is 0.758. The minimum absolute atomic E-state index is 0.684. The molecule has 21 heavy (non-hydrogen) atoms. The van der Waals surface area contributed by atoms with Crippen LogP contribution in [0.3, 0.4) is 0 Å². The molecule has 0 amide bonds. The van der Waals surface area contributed by atoms with E-state index >= 15 is 0 Å². The number of methoxy groups -OCH3 is 1. The van der Waals surface area contributed by atoms with E-state index in [2.05, 4.69) is 36.5 Å². The van der Waals surface area contributed by atoms with Gasteiger partial charge in [-0.05, 0) is 34.1 Å². The van der Waals surface area contributed by atoms with Gasteiger partial charge in [-0.15, -0.1) is 0 Å². The topological polar surface area (TPSA) is 63.5 Å². The standard InChI is InChI=1S/C14H14BrN5O/c1-16-12-8-20-6-5-17-14(20)13(19-12)18-9-3-4-11(21-2)10(15)7-9/h3-8,16H,1-2H3,(H,18,19). The van der Waals surface area contributed by atoms with Crippen molar-refractivity contribution in [2.24, 2.45) is 0 Å². The predicted octanol–water partition coefficient (Wildman–Crippen LogP) is 3.29. The molecule has 0 aliphatic rings. The van der Waals surface area contributed by atoms with Crippen molar-refractivity contribution in [2.45, 2.75) is 0 Å². The molecular formula is C14H14BrN5O. The molecule has 7 heteroatoms. The first-order valence-corrected chi connectivity index (χ1v) is 7.12. The molecule has 0 saturated heterocycles. The Bertz CT molecular complexity index is 786. The van der Waals surface area contributed by atoms with Gasteiger partial charge >= 0.3 is 0 Å². The molecule has 3 rings (SSSR count). The Hall–Kier alpha value is -2.28. The fourth-order valence-electron chi connectivity index (χ4n) is 2.02.